The van der Waals surface area contributed by atoms with Crippen molar-refractivity contribution in [2.24, 2.45) is 0 Å². The predicted octanol–water partition coefficient (Wildman–Crippen LogP) is 3.07. The van der Waals surface area contributed by atoms with Gasteiger partial charge in [-0.05, 0) is 53.0 Å². The lowest BCUT2D eigenvalue weighted by molar-refractivity contribution is 0.180. The van der Waals surface area contributed by atoms with Crippen molar-refractivity contribution in [1.82, 2.24) is 9.97 Å². The molecule has 104 valence electrons. The zero-order valence-electron chi connectivity index (χ0n) is 11.1. The van der Waals surface area contributed by atoms with E-state index in [9.17, 15) is 4.79 Å². The summed E-state index contributed by atoms with van der Waals surface area (Å²) in [5, 5.41) is 0. The molecule has 0 amide bonds. The van der Waals surface area contributed by atoms with E-state index in [2.05, 4.69) is 22.1 Å². The Labute approximate surface area is 130 Å². The van der Waals surface area contributed by atoms with Crippen molar-refractivity contribution >= 4 is 22.6 Å². The number of rotatable bonds is 4. The molecule has 1 N–H and O–H groups in total. The summed E-state index contributed by atoms with van der Waals surface area (Å²) in [6.45, 7) is 0.345. The molecule has 20 heavy (non-hydrogen) atoms. The van der Waals surface area contributed by atoms with Crippen molar-refractivity contribution in [3.05, 3.63) is 49.4 Å². The number of aromatic amines is 1. The van der Waals surface area contributed by atoms with E-state index in [-0.39, 0.29) is 5.56 Å². The molecular formula is C15H15IN2O2. The van der Waals surface area contributed by atoms with Crippen LogP contribution in [0.1, 0.15) is 30.0 Å². The lowest BCUT2D eigenvalue weighted by Crippen LogP contribution is -2.16. The summed E-state index contributed by atoms with van der Waals surface area (Å²) in [4.78, 5) is 19.4. The van der Waals surface area contributed by atoms with Gasteiger partial charge >= 0.3 is 0 Å². The Balaban J connectivity index is 2.05. The summed E-state index contributed by atoms with van der Waals surface area (Å²) in [7, 11) is 1.60. The highest BCUT2D eigenvalue weighted by Gasteiger charge is 2.23. The zero-order chi connectivity index (χ0) is 14.1. The minimum atomic E-state index is -0.112. The number of aromatic nitrogens is 2. The summed E-state index contributed by atoms with van der Waals surface area (Å²) in [5.74, 6) is 1.30. The third-order valence-electron chi connectivity index (χ3n) is 3.42. The molecule has 1 aliphatic rings. The number of halogens is 1. The maximum absolute atomic E-state index is 12.0. The molecule has 0 saturated heterocycles. The first kappa shape index (κ1) is 13.8. The van der Waals surface area contributed by atoms with Gasteiger partial charge in [-0.1, -0.05) is 18.2 Å². The lowest BCUT2D eigenvalue weighted by Gasteiger charge is -2.07. The van der Waals surface area contributed by atoms with Crippen LogP contribution in [0.3, 0.4) is 0 Å². The molecule has 4 nitrogen and oxygen atoms in total. The molecule has 3 rings (SSSR count). The standard InChI is InChI=1S/C15H15IN2O2/c1-20-8-12-13(16)15(19)18-14(17-12)11-4-2-3-10(7-11)9-5-6-9/h2-4,7,9H,5-6,8H2,1H3,(H,17,18,19). The van der Waals surface area contributed by atoms with Crippen molar-refractivity contribution in [3.8, 4) is 11.4 Å². The van der Waals surface area contributed by atoms with E-state index in [0.717, 1.165) is 5.56 Å². The van der Waals surface area contributed by atoms with Crippen LogP contribution in [0.4, 0.5) is 0 Å². The Hall–Kier alpha value is -1.21. The average Bonchev–Trinajstić information content (AvgIpc) is 3.28. The fourth-order valence-corrected chi connectivity index (χ4v) is 2.64. The third kappa shape index (κ3) is 2.78. The summed E-state index contributed by atoms with van der Waals surface area (Å²) in [6.07, 6.45) is 2.52. The monoisotopic (exact) mass is 382 g/mol. The molecule has 1 heterocycles. The van der Waals surface area contributed by atoms with Gasteiger partial charge in [0.15, 0.2) is 0 Å². The van der Waals surface area contributed by atoms with Gasteiger partial charge in [0.25, 0.3) is 5.56 Å². The van der Waals surface area contributed by atoms with Crippen LogP contribution in [0.15, 0.2) is 29.1 Å². The van der Waals surface area contributed by atoms with E-state index < -0.39 is 0 Å². The Morgan fingerprint density at radius 1 is 1.45 bits per heavy atom. The van der Waals surface area contributed by atoms with E-state index in [1.165, 1.54) is 18.4 Å². The predicted molar refractivity (Wildman–Crippen MR) is 85.7 cm³/mol. The first-order chi connectivity index (χ1) is 9.69. The van der Waals surface area contributed by atoms with Gasteiger partial charge in [-0.25, -0.2) is 4.98 Å². The van der Waals surface area contributed by atoms with E-state index in [1.807, 2.05) is 34.7 Å². The van der Waals surface area contributed by atoms with Crippen LogP contribution in [-0.2, 0) is 11.3 Å². The molecule has 1 aromatic heterocycles. The number of nitrogens with zero attached hydrogens (tertiary/aromatic N) is 1. The molecule has 0 radical (unpaired) electrons. The van der Waals surface area contributed by atoms with Crippen LogP contribution in [0.5, 0.6) is 0 Å². The van der Waals surface area contributed by atoms with E-state index in [0.29, 0.717) is 27.6 Å². The maximum Gasteiger partial charge on any atom is 0.264 e. The Kier molecular flexibility index (Phi) is 3.89. The van der Waals surface area contributed by atoms with Crippen LogP contribution in [0.25, 0.3) is 11.4 Å². The molecule has 5 heteroatoms. The molecule has 0 spiro atoms. The molecule has 0 bridgehead atoms. The maximum atomic E-state index is 12.0. The topological polar surface area (TPSA) is 55.0 Å². The second kappa shape index (κ2) is 5.65. The van der Waals surface area contributed by atoms with Gasteiger partial charge in [0.2, 0.25) is 0 Å². The van der Waals surface area contributed by atoms with Gasteiger partial charge < -0.3 is 9.72 Å². The van der Waals surface area contributed by atoms with Crippen molar-refractivity contribution in [2.45, 2.75) is 25.4 Å². The average molecular weight is 382 g/mol. The van der Waals surface area contributed by atoms with Crippen molar-refractivity contribution < 1.29 is 4.74 Å². The molecule has 1 fully saturated rings. The fourth-order valence-electron chi connectivity index (χ4n) is 2.23. The van der Waals surface area contributed by atoms with E-state index in [4.69, 9.17) is 4.74 Å². The van der Waals surface area contributed by atoms with Crippen LogP contribution < -0.4 is 5.56 Å². The highest BCUT2D eigenvalue weighted by molar-refractivity contribution is 14.1. The molecule has 0 atom stereocenters. The lowest BCUT2D eigenvalue weighted by atomic mass is 10.1. The van der Waals surface area contributed by atoms with Crippen LogP contribution >= 0.6 is 22.6 Å². The van der Waals surface area contributed by atoms with Crippen LogP contribution in [-0.4, -0.2) is 17.1 Å². The summed E-state index contributed by atoms with van der Waals surface area (Å²) in [6, 6.07) is 8.27. The first-order valence-electron chi connectivity index (χ1n) is 6.57. The highest BCUT2D eigenvalue weighted by atomic mass is 127. The number of nitrogens with one attached hydrogen (secondary N) is 1. The Morgan fingerprint density at radius 2 is 2.25 bits per heavy atom. The van der Waals surface area contributed by atoms with Gasteiger partial charge in [0, 0.05) is 12.7 Å². The van der Waals surface area contributed by atoms with Crippen LogP contribution in [0, 0.1) is 3.57 Å². The number of benzene rings is 1. The number of hydrogen-bond acceptors (Lipinski definition) is 3. The van der Waals surface area contributed by atoms with Gasteiger partial charge in [0.1, 0.15) is 9.39 Å². The van der Waals surface area contributed by atoms with E-state index in [1.54, 1.807) is 7.11 Å². The largest absolute Gasteiger partial charge is 0.378 e. The molecule has 0 aliphatic heterocycles. The van der Waals surface area contributed by atoms with Gasteiger partial charge in [0.05, 0.1) is 12.3 Å². The summed E-state index contributed by atoms with van der Waals surface area (Å²) < 4.78 is 5.70. The van der Waals surface area contributed by atoms with Crippen molar-refractivity contribution in [3.63, 3.8) is 0 Å². The normalized spacial score (nSPS) is 14.5. The number of hydrogen-bond donors (Lipinski definition) is 1. The molecule has 1 aliphatic carbocycles. The zero-order valence-corrected chi connectivity index (χ0v) is 13.3. The molecule has 2 aromatic rings. The van der Waals surface area contributed by atoms with Gasteiger partial charge in [-0.2, -0.15) is 0 Å². The number of ether oxygens (including phenoxy) is 1. The van der Waals surface area contributed by atoms with Crippen molar-refractivity contribution in [1.29, 1.82) is 0 Å². The number of methoxy groups -OCH3 is 1. The summed E-state index contributed by atoms with van der Waals surface area (Å²) >= 11 is 2.01. The Bertz CT molecular complexity index is 693. The highest BCUT2D eigenvalue weighted by Crippen LogP contribution is 2.40. The second-order valence-corrected chi connectivity index (χ2v) is 6.09. The quantitative estimate of drug-likeness (QED) is 0.828. The SMILES string of the molecule is COCc1nc(-c2cccc(C3CC3)c2)[nH]c(=O)c1I. The Morgan fingerprint density at radius 3 is 2.95 bits per heavy atom. The molecular weight excluding hydrogens is 367 g/mol. The second-order valence-electron chi connectivity index (χ2n) is 5.01. The first-order valence-corrected chi connectivity index (χ1v) is 7.65. The minimum Gasteiger partial charge on any atom is -0.378 e. The third-order valence-corrected chi connectivity index (χ3v) is 4.53. The summed E-state index contributed by atoms with van der Waals surface area (Å²) in [5.41, 5.74) is 2.86. The smallest absolute Gasteiger partial charge is 0.264 e. The van der Waals surface area contributed by atoms with E-state index >= 15 is 0 Å². The fraction of sp³-hybridized carbons (Fsp3) is 0.333. The molecule has 0 unspecified atom stereocenters. The van der Waals surface area contributed by atoms with Crippen molar-refractivity contribution in [2.75, 3.05) is 7.11 Å². The van der Waals surface area contributed by atoms with Gasteiger partial charge in [-0.15, -0.1) is 0 Å². The van der Waals surface area contributed by atoms with Gasteiger partial charge in [-0.3, -0.25) is 4.79 Å². The minimum absolute atomic E-state index is 0.112. The van der Waals surface area contributed by atoms with Crippen LogP contribution in [0.2, 0.25) is 0 Å². The molecule has 1 saturated carbocycles. The number of H-pyrrole nitrogens is 1. The molecule has 1 aromatic carbocycles.